The van der Waals surface area contributed by atoms with Crippen molar-refractivity contribution in [1.82, 2.24) is 9.97 Å². The molecular formula is C36H22N2. The van der Waals surface area contributed by atoms with Gasteiger partial charge in [-0.2, -0.15) is 0 Å². The first kappa shape index (κ1) is 21.0. The molecule has 0 aliphatic rings. The van der Waals surface area contributed by atoms with Crippen LogP contribution in [0.5, 0.6) is 0 Å². The molecule has 0 N–H and O–H groups in total. The van der Waals surface area contributed by atoms with E-state index < -0.39 is 0 Å². The molecular weight excluding hydrogens is 460 g/mol. The molecule has 1 aromatic heterocycles. The lowest BCUT2D eigenvalue weighted by Gasteiger charge is -2.12. The van der Waals surface area contributed by atoms with Gasteiger partial charge < -0.3 is 0 Å². The minimum absolute atomic E-state index is 0.744. The third kappa shape index (κ3) is 3.21. The van der Waals surface area contributed by atoms with Gasteiger partial charge in [0.1, 0.15) is 0 Å². The van der Waals surface area contributed by atoms with Crippen LogP contribution in [-0.2, 0) is 0 Å². The van der Waals surface area contributed by atoms with Gasteiger partial charge in [-0.05, 0) is 55.2 Å². The highest BCUT2D eigenvalue weighted by atomic mass is 14.9. The predicted octanol–water partition coefficient (Wildman–Crippen LogP) is 9.58. The first-order chi connectivity index (χ1) is 18.8. The van der Waals surface area contributed by atoms with Gasteiger partial charge in [-0.1, -0.05) is 121 Å². The van der Waals surface area contributed by atoms with Crippen LogP contribution in [-0.4, -0.2) is 9.97 Å². The minimum atomic E-state index is 0.744. The molecule has 0 saturated carbocycles. The number of hydrogen-bond acceptors (Lipinski definition) is 2. The van der Waals surface area contributed by atoms with Crippen LogP contribution in [0.4, 0.5) is 0 Å². The summed E-state index contributed by atoms with van der Waals surface area (Å²) < 4.78 is 0. The second-order valence-electron chi connectivity index (χ2n) is 9.82. The van der Waals surface area contributed by atoms with Crippen molar-refractivity contribution >= 4 is 54.0 Å². The van der Waals surface area contributed by atoms with Crippen LogP contribution in [0.15, 0.2) is 133 Å². The van der Waals surface area contributed by atoms with Gasteiger partial charge in [-0.25, -0.2) is 9.97 Å². The SMILES string of the molecule is c1ccc(-c2nc(-c3ccc4ccc5c(ccc6c7ccccc7ccc65)c4c3)nc3ccccc23)cc1. The van der Waals surface area contributed by atoms with E-state index in [4.69, 9.17) is 9.97 Å². The topological polar surface area (TPSA) is 25.8 Å². The molecule has 0 aliphatic carbocycles. The van der Waals surface area contributed by atoms with Crippen LogP contribution in [0.3, 0.4) is 0 Å². The Labute approximate surface area is 219 Å². The maximum Gasteiger partial charge on any atom is 0.160 e. The fourth-order valence-corrected chi connectivity index (χ4v) is 5.79. The zero-order chi connectivity index (χ0) is 25.1. The molecule has 8 aromatic rings. The summed E-state index contributed by atoms with van der Waals surface area (Å²) in [5.41, 5.74) is 4.03. The molecule has 0 atom stereocenters. The predicted molar refractivity (Wildman–Crippen MR) is 160 cm³/mol. The Morgan fingerprint density at radius 1 is 0.342 bits per heavy atom. The number of para-hydroxylation sites is 1. The summed E-state index contributed by atoms with van der Waals surface area (Å²) in [6.45, 7) is 0. The van der Waals surface area contributed by atoms with Crippen molar-refractivity contribution < 1.29 is 0 Å². The molecule has 2 heteroatoms. The van der Waals surface area contributed by atoms with E-state index in [-0.39, 0.29) is 0 Å². The van der Waals surface area contributed by atoms with E-state index >= 15 is 0 Å². The van der Waals surface area contributed by atoms with Crippen molar-refractivity contribution in [2.75, 3.05) is 0 Å². The normalized spacial score (nSPS) is 11.7. The molecule has 0 aliphatic heterocycles. The van der Waals surface area contributed by atoms with Crippen molar-refractivity contribution in [2.45, 2.75) is 0 Å². The Bertz CT molecular complexity index is 2180. The van der Waals surface area contributed by atoms with E-state index in [1.807, 2.05) is 18.2 Å². The lowest BCUT2D eigenvalue weighted by Crippen LogP contribution is -1.95. The first-order valence-corrected chi connectivity index (χ1v) is 12.9. The average molecular weight is 483 g/mol. The summed E-state index contributed by atoms with van der Waals surface area (Å²) in [5, 5.41) is 11.1. The number of rotatable bonds is 2. The molecule has 1 heterocycles. The Morgan fingerprint density at radius 2 is 0.921 bits per heavy atom. The van der Waals surface area contributed by atoms with Crippen LogP contribution in [0.1, 0.15) is 0 Å². The molecule has 176 valence electrons. The lowest BCUT2D eigenvalue weighted by molar-refractivity contribution is 1.23. The number of fused-ring (bicyclic) bond motifs is 8. The number of aromatic nitrogens is 2. The Balaban J connectivity index is 1.38. The molecule has 8 rings (SSSR count). The van der Waals surface area contributed by atoms with Crippen LogP contribution >= 0.6 is 0 Å². The van der Waals surface area contributed by atoms with Gasteiger partial charge in [0.05, 0.1) is 11.2 Å². The molecule has 0 spiro atoms. The van der Waals surface area contributed by atoms with Gasteiger partial charge in [-0.3, -0.25) is 0 Å². The highest BCUT2D eigenvalue weighted by molar-refractivity contribution is 6.22. The van der Waals surface area contributed by atoms with E-state index in [0.717, 1.165) is 33.5 Å². The molecule has 0 bridgehead atoms. The van der Waals surface area contributed by atoms with Crippen molar-refractivity contribution in [3.8, 4) is 22.6 Å². The van der Waals surface area contributed by atoms with E-state index in [2.05, 4.69) is 115 Å². The van der Waals surface area contributed by atoms with Crippen LogP contribution < -0.4 is 0 Å². The van der Waals surface area contributed by atoms with Crippen LogP contribution in [0.25, 0.3) is 76.6 Å². The second-order valence-corrected chi connectivity index (χ2v) is 9.82. The van der Waals surface area contributed by atoms with Gasteiger partial charge in [0, 0.05) is 16.5 Å². The van der Waals surface area contributed by atoms with E-state index in [1.54, 1.807) is 0 Å². The highest BCUT2D eigenvalue weighted by Gasteiger charge is 2.13. The zero-order valence-corrected chi connectivity index (χ0v) is 20.6. The molecule has 38 heavy (non-hydrogen) atoms. The smallest absolute Gasteiger partial charge is 0.160 e. The quantitative estimate of drug-likeness (QED) is 0.229. The summed E-state index contributed by atoms with van der Waals surface area (Å²) in [6, 6.07) is 47.3. The molecule has 2 nitrogen and oxygen atoms in total. The number of benzene rings is 7. The molecule has 7 aromatic carbocycles. The van der Waals surface area contributed by atoms with Crippen molar-refractivity contribution in [2.24, 2.45) is 0 Å². The Kier molecular flexibility index (Phi) is 4.55. The summed E-state index contributed by atoms with van der Waals surface area (Å²) >= 11 is 0. The molecule has 0 radical (unpaired) electrons. The van der Waals surface area contributed by atoms with E-state index in [1.165, 1.54) is 43.1 Å². The van der Waals surface area contributed by atoms with E-state index in [9.17, 15) is 0 Å². The summed E-state index contributed by atoms with van der Waals surface area (Å²) in [4.78, 5) is 10.1. The van der Waals surface area contributed by atoms with Gasteiger partial charge in [0.2, 0.25) is 0 Å². The fourth-order valence-electron chi connectivity index (χ4n) is 5.79. The van der Waals surface area contributed by atoms with E-state index in [0.29, 0.717) is 0 Å². The molecule has 0 fully saturated rings. The average Bonchev–Trinajstić information content (AvgIpc) is 3.00. The third-order valence-corrected chi connectivity index (χ3v) is 7.65. The largest absolute Gasteiger partial charge is 0.228 e. The van der Waals surface area contributed by atoms with Crippen LogP contribution in [0.2, 0.25) is 0 Å². The number of nitrogens with zero attached hydrogens (tertiary/aromatic N) is 2. The van der Waals surface area contributed by atoms with Crippen molar-refractivity contribution in [3.05, 3.63) is 133 Å². The highest BCUT2D eigenvalue weighted by Crippen LogP contribution is 2.36. The zero-order valence-electron chi connectivity index (χ0n) is 20.6. The summed E-state index contributed by atoms with van der Waals surface area (Å²) in [6.07, 6.45) is 0. The maximum absolute atomic E-state index is 5.10. The molecule has 0 unspecified atom stereocenters. The maximum atomic E-state index is 5.10. The van der Waals surface area contributed by atoms with Gasteiger partial charge in [0.25, 0.3) is 0 Å². The lowest BCUT2D eigenvalue weighted by atomic mass is 9.93. The number of hydrogen-bond donors (Lipinski definition) is 0. The molecule has 0 amide bonds. The monoisotopic (exact) mass is 482 g/mol. The Morgan fingerprint density at radius 3 is 1.74 bits per heavy atom. The second kappa shape index (κ2) is 8.22. The third-order valence-electron chi connectivity index (χ3n) is 7.65. The first-order valence-electron chi connectivity index (χ1n) is 12.9. The van der Waals surface area contributed by atoms with Crippen LogP contribution in [0, 0.1) is 0 Å². The fraction of sp³-hybridized carbons (Fsp3) is 0. The van der Waals surface area contributed by atoms with Crippen molar-refractivity contribution in [1.29, 1.82) is 0 Å². The standard InChI is InChI=1S/C36H22N2/c1-2-9-25(10-3-1)35-32-12-6-7-13-34(32)37-36(38-35)26-15-14-24-17-19-30-29-18-16-23-8-4-5-11-27(23)28(29)20-21-31(30)33(24)22-26/h1-22H. The minimum Gasteiger partial charge on any atom is -0.228 e. The summed E-state index contributed by atoms with van der Waals surface area (Å²) in [7, 11) is 0. The van der Waals surface area contributed by atoms with Crippen molar-refractivity contribution in [3.63, 3.8) is 0 Å². The van der Waals surface area contributed by atoms with Gasteiger partial charge >= 0.3 is 0 Å². The molecule has 0 saturated heterocycles. The van der Waals surface area contributed by atoms with Gasteiger partial charge in [-0.15, -0.1) is 0 Å². The Hall–Kier alpha value is -5.08. The summed E-state index contributed by atoms with van der Waals surface area (Å²) in [5.74, 6) is 0.744. The van der Waals surface area contributed by atoms with Gasteiger partial charge in [0.15, 0.2) is 5.82 Å².